The quantitative estimate of drug-likeness (QED) is 0.502. The number of aromatic nitrogens is 2. The van der Waals surface area contributed by atoms with E-state index in [0.717, 1.165) is 47.8 Å². The number of hydrogen-bond acceptors (Lipinski definition) is 4. The predicted molar refractivity (Wildman–Crippen MR) is 106 cm³/mol. The first-order chi connectivity index (χ1) is 12.8. The third-order valence-corrected chi connectivity index (χ3v) is 4.53. The number of nitrogens with two attached hydrogens (primary N) is 1. The minimum absolute atomic E-state index is 0.671. The number of nitrogens with one attached hydrogen (secondary N) is 1. The highest BCUT2D eigenvalue weighted by Gasteiger charge is 2.16. The number of rotatable bonds is 6. The van der Waals surface area contributed by atoms with Gasteiger partial charge in [0.25, 0.3) is 0 Å². The number of nitrogens with zero attached hydrogens (tertiary/aromatic N) is 2. The number of aryl methyl sites for hydroxylation is 1. The van der Waals surface area contributed by atoms with Gasteiger partial charge in [-0.15, -0.1) is 0 Å². The Bertz CT molecular complexity index is 1000. The summed E-state index contributed by atoms with van der Waals surface area (Å²) in [5, 5.41) is 3.48. The molecule has 3 N–H and O–H groups in total. The van der Waals surface area contributed by atoms with Crippen LogP contribution in [-0.4, -0.2) is 16.1 Å². The topological polar surface area (TPSA) is 69.0 Å². The normalized spacial score (nSPS) is 11.1. The first kappa shape index (κ1) is 16.3. The minimum Gasteiger partial charge on any atom is -0.461 e. The van der Waals surface area contributed by atoms with Gasteiger partial charge in [-0.25, -0.2) is 4.98 Å². The van der Waals surface area contributed by atoms with E-state index >= 15 is 0 Å². The smallest absolute Gasteiger partial charge is 0.177 e. The Morgan fingerprint density at radius 2 is 1.96 bits per heavy atom. The molecule has 5 heteroatoms. The van der Waals surface area contributed by atoms with Crippen molar-refractivity contribution in [3.8, 4) is 11.6 Å². The predicted octanol–water partition coefficient (Wildman–Crippen LogP) is 4.55. The third kappa shape index (κ3) is 3.04. The summed E-state index contributed by atoms with van der Waals surface area (Å²) in [6.07, 6.45) is 2.62. The average molecular weight is 346 g/mol. The van der Waals surface area contributed by atoms with Crippen molar-refractivity contribution >= 4 is 22.4 Å². The highest BCUT2D eigenvalue weighted by Crippen LogP contribution is 2.31. The van der Waals surface area contributed by atoms with Crippen LogP contribution in [0.2, 0.25) is 0 Å². The number of anilines is 2. The van der Waals surface area contributed by atoms with E-state index in [1.54, 1.807) is 6.26 Å². The Labute approximate surface area is 152 Å². The van der Waals surface area contributed by atoms with E-state index < -0.39 is 0 Å². The lowest BCUT2D eigenvalue weighted by Gasteiger charge is -2.09. The maximum absolute atomic E-state index is 6.28. The first-order valence-electron chi connectivity index (χ1n) is 8.87. The zero-order valence-electron chi connectivity index (χ0n) is 14.8. The Morgan fingerprint density at radius 3 is 2.69 bits per heavy atom. The van der Waals surface area contributed by atoms with E-state index in [0.29, 0.717) is 5.69 Å². The van der Waals surface area contributed by atoms with E-state index in [1.807, 2.05) is 24.3 Å². The van der Waals surface area contributed by atoms with Crippen molar-refractivity contribution < 1.29 is 4.42 Å². The number of fused-ring (bicyclic) bond motifs is 1. The molecule has 0 unspecified atom stereocenters. The molecule has 4 aromatic rings. The molecule has 2 aromatic heterocycles. The molecule has 0 aliphatic heterocycles. The van der Waals surface area contributed by atoms with Gasteiger partial charge in [0, 0.05) is 18.8 Å². The number of benzene rings is 2. The van der Waals surface area contributed by atoms with Crippen LogP contribution in [-0.2, 0) is 13.0 Å². The second-order valence-electron chi connectivity index (χ2n) is 6.25. The van der Waals surface area contributed by atoms with Gasteiger partial charge in [-0.05, 0) is 43.2 Å². The standard InChI is InChI=1S/C21H22N4O/c1-2-25-18-14-16(23-11-10-15-7-4-3-5-8-15)13-17(22)20(18)24-21(25)19-9-6-12-26-19/h3-9,12-14,23H,2,10-11,22H2,1H3. The zero-order chi connectivity index (χ0) is 17.9. The molecule has 4 rings (SSSR count). The molecule has 0 atom stereocenters. The molecular formula is C21H22N4O. The third-order valence-electron chi connectivity index (χ3n) is 4.53. The molecule has 2 aromatic carbocycles. The van der Waals surface area contributed by atoms with Crippen molar-refractivity contribution in [1.29, 1.82) is 0 Å². The molecule has 0 amide bonds. The molecule has 0 bridgehead atoms. The maximum atomic E-state index is 6.28. The van der Waals surface area contributed by atoms with Crippen molar-refractivity contribution in [2.24, 2.45) is 0 Å². The second kappa shape index (κ2) is 6.96. The van der Waals surface area contributed by atoms with Gasteiger partial charge in [0.1, 0.15) is 5.52 Å². The lowest BCUT2D eigenvalue weighted by atomic mass is 10.1. The van der Waals surface area contributed by atoms with Gasteiger partial charge in [0.2, 0.25) is 0 Å². The highest BCUT2D eigenvalue weighted by molar-refractivity contribution is 5.93. The van der Waals surface area contributed by atoms with Crippen LogP contribution in [0.1, 0.15) is 12.5 Å². The van der Waals surface area contributed by atoms with Gasteiger partial charge in [-0.2, -0.15) is 0 Å². The van der Waals surface area contributed by atoms with Crippen molar-refractivity contribution in [2.75, 3.05) is 17.6 Å². The van der Waals surface area contributed by atoms with Gasteiger partial charge < -0.3 is 20.0 Å². The SMILES string of the molecule is CCn1c(-c2ccco2)nc2c(N)cc(NCCc3ccccc3)cc21. The fourth-order valence-corrected chi connectivity index (χ4v) is 3.26. The van der Waals surface area contributed by atoms with Gasteiger partial charge >= 0.3 is 0 Å². The first-order valence-corrected chi connectivity index (χ1v) is 8.87. The van der Waals surface area contributed by atoms with Gasteiger partial charge in [0.15, 0.2) is 11.6 Å². The summed E-state index contributed by atoms with van der Waals surface area (Å²) in [4.78, 5) is 4.71. The summed E-state index contributed by atoms with van der Waals surface area (Å²) in [6.45, 7) is 3.74. The number of hydrogen-bond donors (Lipinski definition) is 2. The van der Waals surface area contributed by atoms with Gasteiger partial charge in [-0.3, -0.25) is 0 Å². The molecule has 0 aliphatic carbocycles. The van der Waals surface area contributed by atoms with E-state index in [4.69, 9.17) is 15.1 Å². The number of nitrogen functional groups attached to an aromatic ring is 1. The molecule has 26 heavy (non-hydrogen) atoms. The summed E-state index contributed by atoms with van der Waals surface area (Å²) < 4.78 is 7.67. The van der Waals surface area contributed by atoms with Crippen LogP contribution in [0.15, 0.2) is 65.3 Å². The second-order valence-corrected chi connectivity index (χ2v) is 6.25. The van der Waals surface area contributed by atoms with Crippen LogP contribution in [0, 0.1) is 0 Å². The van der Waals surface area contributed by atoms with Crippen LogP contribution < -0.4 is 11.1 Å². The van der Waals surface area contributed by atoms with E-state index in [-0.39, 0.29) is 0 Å². The molecule has 2 heterocycles. The largest absolute Gasteiger partial charge is 0.461 e. The highest BCUT2D eigenvalue weighted by atomic mass is 16.3. The summed E-state index contributed by atoms with van der Waals surface area (Å²) in [6, 6.07) is 18.3. The Kier molecular flexibility index (Phi) is 4.35. The van der Waals surface area contributed by atoms with E-state index in [1.165, 1.54) is 5.56 Å². The summed E-state index contributed by atoms with van der Waals surface area (Å²) in [7, 11) is 0. The Morgan fingerprint density at radius 1 is 1.12 bits per heavy atom. The van der Waals surface area contributed by atoms with Gasteiger partial charge in [0.05, 0.1) is 17.5 Å². The average Bonchev–Trinajstić information content (AvgIpc) is 3.30. The zero-order valence-corrected chi connectivity index (χ0v) is 14.8. The number of imidazole rings is 1. The Hall–Kier alpha value is -3.21. The fraction of sp³-hybridized carbons (Fsp3) is 0.190. The molecule has 5 nitrogen and oxygen atoms in total. The molecule has 0 radical (unpaired) electrons. The maximum Gasteiger partial charge on any atom is 0.177 e. The summed E-state index contributed by atoms with van der Waals surface area (Å²) >= 11 is 0. The number of furan rings is 1. The molecule has 0 saturated carbocycles. The molecule has 0 aliphatic rings. The fourth-order valence-electron chi connectivity index (χ4n) is 3.26. The van der Waals surface area contributed by atoms with E-state index in [2.05, 4.69) is 47.1 Å². The summed E-state index contributed by atoms with van der Waals surface area (Å²) in [5.41, 5.74) is 11.1. The van der Waals surface area contributed by atoms with Crippen molar-refractivity contribution in [3.63, 3.8) is 0 Å². The Balaban J connectivity index is 1.63. The minimum atomic E-state index is 0.671. The van der Waals surface area contributed by atoms with Crippen molar-refractivity contribution in [2.45, 2.75) is 19.9 Å². The van der Waals surface area contributed by atoms with Crippen LogP contribution in [0.5, 0.6) is 0 Å². The molecule has 0 saturated heterocycles. The van der Waals surface area contributed by atoms with Crippen LogP contribution in [0.4, 0.5) is 11.4 Å². The molecule has 0 spiro atoms. The van der Waals surface area contributed by atoms with Crippen LogP contribution in [0.3, 0.4) is 0 Å². The van der Waals surface area contributed by atoms with Crippen molar-refractivity contribution in [1.82, 2.24) is 9.55 Å². The van der Waals surface area contributed by atoms with E-state index in [9.17, 15) is 0 Å². The van der Waals surface area contributed by atoms with Crippen molar-refractivity contribution in [3.05, 3.63) is 66.4 Å². The molecule has 0 fully saturated rings. The lowest BCUT2D eigenvalue weighted by molar-refractivity contribution is 0.571. The molecule has 132 valence electrons. The van der Waals surface area contributed by atoms with Crippen LogP contribution >= 0.6 is 0 Å². The lowest BCUT2D eigenvalue weighted by Crippen LogP contribution is -2.05. The summed E-state index contributed by atoms with van der Waals surface area (Å²) in [5.74, 6) is 1.56. The molecular weight excluding hydrogens is 324 g/mol. The van der Waals surface area contributed by atoms with Gasteiger partial charge in [-0.1, -0.05) is 30.3 Å². The monoisotopic (exact) mass is 346 g/mol. The van der Waals surface area contributed by atoms with Crippen LogP contribution in [0.25, 0.3) is 22.6 Å².